The first kappa shape index (κ1) is 16.0. The van der Waals surface area contributed by atoms with Gasteiger partial charge in [-0.05, 0) is 48.5 Å². The quantitative estimate of drug-likeness (QED) is 0.635. The monoisotopic (exact) mass is 336 g/mol. The van der Waals surface area contributed by atoms with Gasteiger partial charge < -0.3 is 4.74 Å². The second-order valence-corrected chi connectivity index (χ2v) is 7.23. The van der Waals surface area contributed by atoms with Gasteiger partial charge in [-0.3, -0.25) is 25.2 Å². The molecule has 1 aromatic rings. The summed E-state index contributed by atoms with van der Waals surface area (Å²) in [5, 5.41) is 1.77. The van der Waals surface area contributed by atoms with E-state index in [0.29, 0.717) is 23.1 Å². The second kappa shape index (κ2) is 7.12. The predicted octanol–water partition coefficient (Wildman–Crippen LogP) is 1.88. The van der Waals surface area contributed by atoms with E-state index in [4.69, 9.17) is 4.74 Å². The van der Waals surface area contributed by atoms with Gasteiger partial charge in [0.15, 0.2) is 6.61 Å². The van der Waals surface area contributed by atoms with Crippen LogP contribution in [-0.2, 0) is 14.3 Å². The zero-order valence-corrected chi connectivity index (χ0v) is 13.6. The number of hydrogen-bond donors (Lipinski definition) is 2. The number of hydrazine groups is 1. The van der Waals surface area contributed by atoms with E-state index < -0.39 is 5.91 Å². The zero-order chi connectivity index (χ0) is 16.2. The third-order valence-corrected chi connectivity index (χ3v) is 5.61. The lowest BCUT2D eigenvalue weighted by atomic mass is 9.86. The number of rotatable bonds is 5. The average molecular weight is 336 g/mol. The number of hydrogen-bond acceptors (Lipinski definition) is 5. The molecule has 2 saturated carbocycles. The Balaban J connectivity index is 1.32. The number of nitrogens with one attached hydrogen (secondary N) is 2. The summed E-state index contributed by atoms with van der Waals surface area (Å²) in [7, 11) is 0. The van der Waals surface area contributed by atoms with E-state index in [1.54, 1.807) is 17.5 Å². The highest BCUT2D eigenvalue weighted by Crippen LogP contribution is 2.49. The van der Waals surface area contributed by atoms with E-state index in [1.807, 2.05) is 0 Å². The first-order chi connectivity index (χ1) is 11.1. The lowest BCUT2D eigenvalue weighted by Gasteiger charge is -2.20. The highest BCUT2D eigenvalue weighted by atomic mass is 32.1. The summed E-state index contributed by atoms with van der Waals surface area (Å²) in [5.74, 6) is 0.600. The minimum absolute atomic E-state index is 0.331. The molecular formula is C16H20N2O4S. The van der Waals surface area contributed by atoms with Gasteiger partial charge in [-0.25, -0.2) is 0 Å². The van der Waals surface area contributed by atoms with Crippen LogP contribution in [0.2, 0.25) is 0 Å². The molecule has 3 unspecified atom stereocenters. The summed E-state index contributed by atoms with van der Waals surface area (Å²) in [6.45, 7) is -0.371. The van der Waals surface area contributed by atoms with Crippen LogP contribution in [0.5, 0.6) is 0 Å². The van der Waals surface area contributed by atoms with Crippen molar-refractivity contribution >= 4 is 29.1 Å². The molecule has 0 saturated heterocycles. The topological polar surface area (TPSA) is 84.5 Å². The van der Waals surface area contributed by atoms with Crippen LogP contribution < -0.4 is 10.9 Å². The van der Waals surface area contributed by atoms with Gasteiger partial charge in [0.25, 0.3) is 11.8 Å². The molecule has 2 N–H and O–H groups in total. The van der Waals surface area contributed by atoms with Crippen LogP contribution in [0.3, 0.4) is 0 Å². The van der Waals surface area contributed by atoms with E-state index in [9.17, 15) is 14.4 Å². The van der Waals surface area contributed by atoms with E-state index in [2.05, 4.69) is 10.9 Å². The first-order valence-corrected chi connectivity index (χ1v) is 8.78. The van der Waals surface area contributed by atoms with Gasteiger partial charge in [-0.1, -0.05) is 12.5 Å². The number of ether oxygens (including phenoxy) is 1. The predicted molar refractivity (Wildman–Crippen MR) is 84.4 cm³/mol. The molecule has 6 nitrogen and oxygen atoms in total. The number of esters is 1. The van der Waals surface area contributed by atoms with E-state index in [1.165, 1.54) is 30.6 Å². The van der Waals surface area contributed by atoms with E-state index in [0.717, 1.165) is 12.3 Å². The van der Waals surface area contributed by atoms with Gasteiger partial charge in [0, 0.05) is 6.42 Å². The lowest BCUT2D eigenvalue weighted by Crippen LogP contribution is -2.43. The van der Waals surface area contributed by atoms with Crippen LogP contribution in [0.15, 0.2) is 17.5 Å². The number of fused-ring (bicyclic) bond motifs is 2. The fourth-order valence-corrected chi connectivity index (χ4v) is 4.30. The molecular weight excluding hydrogens is 316 g/mol. The Morgan fingerprint density at radius 2 is 2.09 bits per heavy atom. The Labute approximate surface area is 138 Å². The maximum Gasteiger partial charge on any atom is 0.306 e. The van der Waals surface area contributed by atoms with E-state index in [-0.39, 0.29) is 18.5 Å². The average Bonchev–Trinajstić information content (AvgIpc) is 3.27. The fourth-order valence-electron chi connectivity index (χ4n) is 3.68. The number of thiophene rings is 1. The number of carbonyl (C=O) groups is 3. The Kier molecular flexibility index (Phi) is 4.95. The maximum absolute atomic E-state index is 11.8. The van der Waals surface area contributed by atoms with Crippen molar-refractivity contribution in [2.75, 3.05) is 6.61 Å². The van der Waals surface area contributed by atoms with Gasteiger partial charge in [0.05, 0.1) is 4.88 Å². The zero-order valence-electron chi connectivity index (χ0n) is 12.7. The fraction of sp³-hybridized carbons (Fsp3) is 0.562. The molecule has 3 atom stereocenters. The molecule has 1 heterocycles. The molecule has 2 fully saturated rings. The van der Waals surface area contributed by atoms with Crippen molar-refractivity contribution in [2.24, 2.45) is 17.8 Å². The summed E-state index contributed by atoms with van der Waals surface area (Å²) in [6, 6.07) is 3.40. The molecule has 3 rings (SSSR count). The molecule has 0 radical (unpaired) electrons. The van der Waals surface area contributed by atoms with Crippen LogP contribution in [0.4, 0.5) is 0 Å². The molecule has 23 heavy (non-hydrogen) atoms. The molecule has 124 valence electrons. The molecule has 0 aromatic carbocycles. The Morgan fingerprint density at radius 1 is 1.22 bits per heavy atom. The minimum atomic E-state index is -0.545. The summed E-state index contributed by atoms with van der Waals surface area (Å²) in [5.41, 5.74) is 4.52. The van der Waals surface area contributed by atoms with Crippen molar-refractivity contribution in [1.82, 2.24) is 10.9 Å². The lowest BCUT2D eigenvalue weighted by molar-refractivity contribution is -0.150. The van der Waals surface area contributed by atoms with Crippen LogP contribution in [-0.4, -0.2) is 24.4 Å². The largest absolute Gasteiger partial charge is 0.455 e. The molecule has 0 aliphatic heterocycles. The molecule has 2 aliphatic carbocycles. The molecule has 2 amide bonds. The second-order valence-electron chi connectivity index (χ2n) is 6.28. The normalized spacial score (nSPS) is 25.1. The Morgan fingerprint density at radius 3 is 2.74 bits per heavy atom. The van der Waals surface area contributed by atoms with Gasteiger partial charge in [0.1, 0.15) is 0 Å². The Hall–Kier alpha value is -1.89. The van der Waals surface area contributed by atoms with Crippen LogP contribution in [0.1, 0.15) is 41.8 Å². The summed E-state index contributed by atoms with van der Waals surface area (Å²) < 4.78 is 5.00. The number of amides is 2. The molecule has 0 spiro atoms. The highest BCUT2D eigenvalue weighted by molar-refractivity contribution is 7.12. The van der Waals surface area contributed by atoms with Gasteiger partial charge in [-0.2, -0.15) is 0 Å². The van der Waals surface area contributed by atoms with E-state index >= 15 is 0 Å². The van der Waals surface area contributed by atoms with Crippen molar-refractivity contribution in [3.05, 3.63) is 22.4 Å². The van der Waals surface area contributed by atoms with Crippen molar-refractivity contribution in [3.63, 3.8) is 0 Å². The van der Waals surface area contributed by atoms with Crippen molar-refractivity contribution in [1.29, 1.82) is 0 Å². The molecule has 2 aliphatic rings. The SMILES string of the molecule is O=C(COC(=O)CC1CC2CCC1C2)NNC(=O)c1cccs1. The molecule has 2 bridgehead atoms. The van der Waals surface area contributed by atoms with Gasteiger partial charge in [0.2, 0.25) is 0 Å². The van der Waals surface area contributed by atoms with Crippen molar-refractivity contribution < 1.29 is 19.1 Å². The highest BCUT2D eigenvalue weighted by Gasteiger charge is 2.40. The first-order valence-electron chi connectivity index (χ1n) is 7.90. The van der Waals surface area contributed by atoms with Crippen molar-refractivity contribution in [3.8, 4) is 0 Å². The van der Waals surface area contributed by atoms with Crippen LogP contribution in [0.25, 0.3) is 0 Å². The van der Waals surface area contributed by atoms with Crippen LogP contribution >= 0.6 is 11.3 Å². The third kappa shape index (κ3) is 4.10. The molecule has 7 heteroatoms. The smallest absolute Gasteiger partial charge is 0.306 e. The third-order valence-electron chi connectivity index (χ3n) is 4.74. The maximum atomic E-state index is 11.8. The Bertz CT molecular complexity index is 587. The summed E-state index contributed by atoms with van der Waals surface area (Å²) in [6.07, 6.45) is 5.27. The minimum Gasteiger partial charge on any atom is -0.455 e. The van der Waals surface area contributed by atoms with Gasteiger partial charge >= 0.3 is 5.97 Å². The standard InChI is InChI=1S/C16H20N2O4S/c19-14(17-18-16(21)13-2-1-5-23-13)9-22-15(20)8-12-7-10-3-4-11(12)6-10/h1-2,5,10-12H,3-4,6-9H2,(H,17,19)(H,18,21). The van der Waals surface area contributed by atoms with Crippen LogP contribution in [0, 0.1) is 17.8 Å². The van der Waals surface area contributed by atoms with Crippen molar-refractivity contribution in [2.45, 2.75) is 32.1 Å². The summed E-state index contributed by atoms with van der Waals surface area (Å²) >= 11 is 1.28. The van der Waals surface area contributed by atoms with Gasteiger partial charge in [-0.15, -0.1) is 11.3 Å². The molecule has 1 aromatic heterocycles. The summed E-state index contributed by atoms with van der Waals surface area (Å²) in [4.78, 5) is 35.5. The number of carbonyl (C=O) groups excluding carboxylic acids is 3.